The number of hydrogen-bond donors (Lipinski definition) is 1. The van der Waals surface area contributed by atoms with E-state index in [0.717, 1.165) is 17.7 Å². The molecule has 2 atom stereocenters. The molecule has 1 aliphatic carbocycles. The van der Waals surface area contributed by atoms with Crippen LogP contribution in [-0.2, 0) is 17.4 Å². The number of phenols is 1. The van der Waals surface area contributed by atoms with Gasteiger partial charge in [0.05, 0.1) is 0 Å². The summed E-state index contributed by atoms with van der Waals surface area (Å²) in [7, 11) is 6.63. The summed E-state index contributed by atoms with van der Waals surface area (Å²) in [6, 6.07) is 5.58. The van der Waals surface area contributed by atoms with Crippen molar-refractivity contribution < 1.29 is 5.11 Å². The molecule has 0 aliphatic heterocycles. The number of hydrogen-bond acceptors (Lipinski definition) is 3. The summed E-state index contributed by atoms with van der Waals surface area (Å²) in [4.78, 5) is 4.85. The van der Waals surface area contributed by atoms with Crippen LogP contribution in [-0.4, -0.2) is 48.1 Å². The molecule has 0 bridgehead atoms. The fourth-order valence-electron chi connectivity index (χ4n) is 4.41. The standard InChI is InChI=1S/C24H42N2O/c1-23(2,3)18-14-17(22(27)19(15-18)24(4,5)6)16-26(9)21-13-11-10-12-20(21)25(7)8/h14-15,20-21,27H,10-13,16H2,1-9H3/t20-,21-/m0/s1. The van der Waals surface area contributed by atoms with Crippen LogP contribution in [0.5, 0.6) is 5.75 Å². The first-order valence-electron chi connectivity index (χ1n) is 10.6. The van der Waals surface area contributed by atoms with Crippen molar-refractivity contribution in [2.75, 3.05) is 21.1 Å². The Hall–Kier alpha value is -1.06. The second-order valence-electron chi connectivity index (χ2n) is 10.8. The van der Waals surface area contributed by atoms with E-state index in [-0.39, 0.29) is 10.8 Å². The van der Waals surface area contributed by atoms with Crippen LogP contribution >= 0.6 is 0 Å². The first-order chi connectivity index (χ1) is 12.3. The minimum absolute atomic E-state index is 0.0675. The third-order valence-electron chi connectivity index (χ3n) is 6.21. The lowest BCUT2D eigenvalue weighted by molar-refractivity contribution is 0.0871. The zero-order valence-corrected chi connectivity index (χ0v) is 19.2. The van der Waals surface area contributed by atoms with Gasteiger partial charge in [-0.3, -0.25) is 4.90 Å². The SMILES string of the molecule is CN(C)[C@H]1CCCC[C@@H]1N(C)Cc1cc(C(C)(C)C)cc(C(C)(C)C)c1O. The zero-order valence-electron chi connectivity index (χ0n) is 19.2. The van der Waals surface area contributed by atoms with E-state index < -0.39 is 0 Å². The van der Waals surface area contributed by atoms with Crippen LogP contribution in [0.25, 0.3) is 0 Å². The Morgan fingerprint density at radius 3 is 1.93 bits per heavy atom. The van der Waals surface area contributed by atoms with Gasteiger partial charge in [-0.05, 0) is 55.9 Å². The molecule has 1 saturated carbocycles. The maximum atomic E-state index is 11.1. The largest absolute Gasteiger partial charge is 0.507 e. The average molecular weight is 375 g/mol. The molecule has 3 heteroatoms. The van der Waals surface area contributed by atoms with Crippen molar-refractivity contribution in [2.24, 2.45) is 0 Å². The Balaban J connectivity index is 2.39. The summed E-state index contributed by atoms with van der Waals surface area (Å²) in [6.45, 7) is 14.1. The monoisotopic (exact) mass is 374 g/mol. The predicted octanol–water partition coefficient (Wildman–Crippen LogP) is 5.29. The van der Waals surface area contributed by atoms with Crippen molar-refractivity contribution in [2.45, 2.75) is 96.7 Å². The molecule has 0 heterocycles. The normalized spacial score (nSPS) is 21.9. The molecule has 1 N–H and O–H groups in total. The Labute approximate surface area is 167 Å². The minimum Gasteiger partial charge on any atom is -0.507 e. The molecule has 2 rings (SSSR count). The smallest absolute Gasteiger partial charge is 0.123 e. The van der Waals surface area contributed by atoms with E-state index in [1.54, 1.807) is 0 Å². The van der Waals surface area contributed by atoms with Crippen LogP contribution < -0.4 is 0 Å². The van der Waals surface area contributed by atoms with Crippen LogP contribution in [0.15, 0.2) is 12.1 Å². The van der Waals surface area contributed by atoms with E-state index in [4.69, 9.17) is 0 Å². The van der Waals surface area contributed by atoms with Gasteiger partial charge in [0, 0.05) is 24.2 Å². The quantitative estimate of drug-likeness (QED) is 0.775. The molecule has 0 amide bonds. The molecule has 1 aromatic carbocycles. The van der Waals surface area contributed by atoms with Crippen molar-refractivity contribution in [3.63, 3.8) is 0 Å². The number of nitrogens with zero attached hydrogens (tertiary/aromatic N) is 2. The number of aromatic hydroxyl groups is 1. The molecule has 0 unspecified atom stereocenters. The van der Waals surface area contributed by atoms with Gasteiger partial charge in [0.15, 0.2) is 0 Å². The topological polar surface area (TPSA) is 26.7 Å². The van der Waals surface area contributed by atoms with Gasteiger partial charge in [-0.15, -0.1) is 0 Å². The van der Waals surface area contributed by atoms with Crippen LogP contribution in [0.3, 0.4) is 0 Å². The summed E-state index contributed by atoms with van der Waals surface area (Å²) >= 11 is 0. The van der Waals surface area contributed by atoms with Crippen LogP contribution in [0.4, 0.5) is 0 Å². The second kappa shape index (κ2) is 8.13. The van der Waals surface area contributed by atoms with Crippen molar-refractivity contribution in [1.29, 1.82) is 0 Å². The maximum absolute atomic E-state index is 11.1. The molecule has 1 aromatic rings. The summed E-state index contributed by atoms with van der Waals surface area (Å²) in [5, 5.41) is 11.1. The third kappa shape index (κ3) is 5.26. The first-order valence-corrected chi connectivity index (χ1v) is 10.6. The van der Waals surface area contributed by atoms with Crippen LogP contribution in [0, 0.1) is 0 Å². The summed E-state index contributed by atoms with van der Waals surface area (Å²) in [6.07, 6.45) is 5.14. The van der Waals surface area contributed by atoms with E-state index in [0.29, 0.717) is 17.8 Å². The van der Waals surface area contributed by atoms with Gasteiger partial charge in [-0.1, -0.05) is 66.5 Å². The van der Waals surface area contributed by atoms with E-state index in [1.807, 2.05) is 0 Å². The lowest BCUT2D eigenvalue weighted by atomic mass is 9.78. The number of benzene rings is 1. The van der Waals surface area contributed by atoms with Gasteiger partial charge < -0.3 is 10.0 Å². The highest BCUT2D eigenvalue weighted by molar-refractivity contribution is 5.48. The highest BCUT2D eigenvalue weighted by Crippen LogP contribution is 2.38. The molecule has 0 spiro atoms. The predicted molar refractivity (Wildman–Crippen MR) is 117 cm³/mol. The van der Waals surface area contributed by atoms with Crippen molar-refractivity contribution in [3.05, 3.63) is 28.8 Å². The van der Waals surface area contributed by atoms with E-state index in [9.17, 15) is 5.11 Å². The Bertz CT molecular complexity index is 637. The minimum atomic E-state index is -0.0737. The lowest BCUT2D eigenvalue weighted by Crippen LogP contribution is -2.49. The lowest BCUT2D eigenvalue weighted by Gasteiger charge is -2.41. The van der Waals surface area contributed by atoms with Crippen LogP contribution in [0.2, 0.25) is 0 Å². The molecule has 1 aliphatic rings. The molecule has 154 valence electrons. The highest BCUT2D eigenvalue weighted by Gasteiger charge is 2.31. The Kier molecular flexibility index (Phi) is 6.69. The molecule has 1 fully saturated rings. The summed E-state index contributed by atoms with van der Waals surface area (Å²) in [5.41, 5.74) is 3.43. The van der Waals surface area contributed by atoms with Crippen LogP contribution in [0.1, 0.15) is 83.9 Å². The molecule has 0 radical (unpaired) electrons. The van der Waals surface area contributed by atoms with Crippen molar-refractivity contribution >= 4 is 0 Å². The Morgan fingerprint density at radius 1 is 0.889 bits per heavy atom. The van der Waals surface area contributed by atoms with E-state index in [2.05, 4.69) is 84.6 Å². The fourth-order valence-corrected chi connectivity index (χ4v) is 4.41. The molecular weight excluding hydrogens is 332 g/mol. The number of phenolic OH excluding ortho intramolecular Hbond substituents is 1. The van der Waals surface area contributed by atoms with Gasteiger partial charge in [-0.2, -0.15) is 0 Å². The van der Waals surface area contributed by atoms with Gasteiger partial charge in [0.25, 0.3) is 0 Å². The van der Waals surface area contributed by atoms with Gasteiger partial charge in [0.1, 0.15) is 5.75 Å². The highest BCUT2D eigenvalue weighted by atomic mass is 16.3. The second-order valence-corrected chi connectivity index (χ2v) is 10.8. The van der Waals surface area contributed by atoms with Gasteiger partial charge >= 0.3 is 0 Å². The first kappa shape index (κ1) is 22.2. The molecule has 27 heavy (non-hydrogen) atoms. The summed E-state index contributed by atoms with van der Waals surface area (Å²) < 4.78 is 0. The molecule has 3 nitrogen and oxygen atoms in total. The number of rotatable bonds is 4. The third-order valence-corrected chi connectivity index (χ3v) is 6.21. The molecule has 0 aromatic heterocycles. The Morgan fingerprint density at radius 2 is 1.44 bits per heavy atom. The van der Waals surface area contributed by atoms with E-state index in [1.165, 1.54) is 31.2 Å². The summed E-state index contributed by atoms with van der Waals surface area (Å²) in [5.74, 6) is 0.486. The average Bonchev–Trinajstić information content (AvgIpc) is 2.54. The zero-order chi connectivity index (χ0) is 20.6. The van der Waals surface area contributed by atoms with Gasteiger partial charge in [-0.25, -0.2) is 0 Å². The van der Waals surface area contributed by atoms with Crippen molar-refractivity contribution in [1.82, 2.24) is 9.80 Å². The maximum Gasteiger partial charge on any atom is 0.123 e. The fraction of sp³-hybridized carbons (Fsp3) is 0.750. The van der Waals surface area contributed by atoms with Crippen molar-refractivity contribution in [3.8, 4) is 5.75 Å². The molecule has 0 saturated heterocycles. The molecular formula is C24H42N2O. The van der Waals surface area contributed by atoms with E-state index >= 15 is 0 Å². The van der Waals surface area contributed by atoms with Gasteiger partial charge in [0.2, 0.25) is 0 Å². The number of likely N-dealkylation sites (N-methyl/N-ethyl adjacent to an activating group) is 2.